The molecule has 1 aliphatic carbocycles. The summed E-state index contributed by atoms with van der Waals surface area (Å²) in [5.74, 6) is 4.25. The lowest BCUT2D eigenvalue weighted by molar-refractivity contribution is -0.120. The van der Waals surface area contributed by atoms with Crippen LogP contribution in [0.4, 0.5) is 13.2 Å². The maximum atomic E-state index is 11.8. The number of ketones is 1. The number of hydrogen-bond acceptors (Lipinski definition) is 4. The maximum Gasteiger partial charge on any atom is 0.485 e. The average Bonchev–Trinajstić information content (AvgIpc) is 2.87. The van der Waals surface area contributed by atoms with Crippen molar-refractivity contribution in [3.8, 4) is 0 Å². The first-order valence-corrected chi connectivity index (χ1v) is 9.85. The quantitative estimate of drug-likeness (QED) is 0.434. The van der Waals surface area contributed by atoms with Crippen LogP contribution >= 0.6 is 0 Å². The molecule has 0 amide bonds. The van der Waals surface area contributed by atoms with Gasteiger partial charge in [0.05, 0.1) is 0 Å². The second-order valence-corrected chi connectivity index (χ2v) is 8.72. The standard InChI is InChI=1S/C11H21OS.CHF3O3S/c1-3-13(4-2)9-11(12)10-7-5-6-8-10;2-1(3,4)8(5,6)7/h10H,3-9H2,1-2H3;(H,5,6,7)/q+1;/p-1. The van der Waals surface area contributed by atoms with E-state index in [-0.39, 0.29) is 0 Å². The first kappa shape index (κ1) is 20.7. The Morgan fingerprint density at radius 1 is 1.19 bits per heavy atom. The number of carbonyl (C=O) groups excluding carboxylic acids is 1. The Morgan fingerprint density at radius 3 is 1.86 bits per heavy atom. The second kappa shape index (κ2) is 8.99. The molecule has 4 nitrogen and oxygen atoms in total. The Kier molecular flexibility index (Phi) is 8.87. The molecule has 0 aromatic rings. The average molecular weight is 350 g/mol. The van der Waals surface area contributed by atoms with Crippen molar-refractivity contribution >= 4 is 26.8 Å². The summed E-state index contributed by atoms with van der Waals surface area (Å²) in [6, 6.07) is 0. The van der Waals surface area contributed by atoms with E-state index in [1.807, 2.05) is 0 Å². The van der Waals surface area contributed by atoms with Gasteiger partial charge in [-0.3, -0.25) is 4.79 Å². The molecule has 1 aliphatic rings. The number of alkyl halides is 3. The highest BCUT2D eigenvalue weighted by Crippen LogP contribution is 2.26. The first-order chi connectivity index (χ1) is 9.52. The van der Waals surface area contributed by atoms with E-state index in [0.717, 1.165) is 5.75 Å². The summed E-state index contributed by atoms with van der Waals surface area (Å²) in [4.78, 5) is 11.8. The SMILES string of the molecule is CC[S+](CC)CC(=O)C1CCCC1.O=S(=O)([O-])C(F)(F)F. The fourth-order valence-electron chi connectivity index (χ4n) is 1.98. The third-order valence-electron chi connectivity index (χ3n) is 3.26. The lowest BCUT2D eigenvalue weighted by Gasteiger charge is -2.08. The van der Waals surface area contributed by atoms with Crippen LogP contribution in [0.15, 0.2) is 0 Å². The molecule has 0 aromatic heterocycles. The van der Waals surface area contributed by atoms with E-state index < -0.39 is 15.6 Å². The molecule has 0 atom stereocenters. The predicted molar refractivity (Wildman–Crippen MR) is 76.0 cm³/mol. The van der Waals surface area contributed by atoms with Crippen LogP contribution in [-0.2, 0) is 25.8 Å². The molecule has 126 valence electrons. The van der Waals surface area contributed by atoms with Crippen molar-refractivity contribution in [3.63, 3.8) is 0 Å². The van der Waals surface area contributed by atoms with Crippen LogP contribution in [0, 0.1) is 5.92 Å². The van der Waals surface area contributed by atoms with Crippen LogP contribution < -0.4 is 0 Å². The van der Waals surface area contributed by atoms with Crippen LogP contribution in [0.5, 0.6) is 0 Å². The van der Waals surface area contributed by atoms with Gasteiger partial charge in [0.1, 0.15) is 11.5 Å². The Hall–Kier alpha value is -0.280. The molecule has 0 bridgehead atoms. The third-order valence-corrected chi connectivity index (χ3v) is 6.15. The van der Waals surface area contributed by atoms with E-state index >= 15 is 0 Å². The van der Waals surface area contributed by atoms with Gasteiger partial charge in [-0.15, -0.1) is 0 Å². The molecule has 0 aliphatic heterocycles. The molecule has 1 saturated carbocycles. The molecule has 0 spiro atoms. The smallest absolute Gasteiger partial charge is 0.485 e. The van der Waals surface area contributed by atoms with Crippen molar-refractivity contribution in [2.24, 2.45) is 5.92 Å². The number of Topliss-reactive ketones (excluding diaryl/α,β-unsaturated/α-hetero) is 1. The molecule has 1 fully saturated rings. The van der Waals surface area contributed by atoms with Crippen molar-refractivity contribution in [3.05, 3.63) is 0 Å². The van der Waals surface area contributed by atoms with Gasteiger partial charge in [0.15, 0.2) is 21.7 Å². The minimum atomic E-state index is -6.09. The van der Waals surface area contributed by atoms with Crippen molar-refractivity contribution in [2.75, 3.05) is 17.3 Å². The van der Waals surface area contributed by atoms with Crippen molar-refractivity contribution in [1.29, 1.82) is 0 Å². The zero-order chi connectivity index (χ0) is 16.7. The summed E-state index contributed by atoms with van der Waals surface area (Å²) in [6.45, 7) is 4.41. The first-order valence-electron chi connectivity index (χ1n) is 6.71. The molecular weight excluding hydrogens is 329 g/mol. The van der Waals surface area contributed by atoms with Gasteiger partial charge < -0.3 is 4.55 Å². The molecule has 0 N–H and O–H groups in total. The number of halogens is 3. The van der Waals surface area contributed by atoms with Gasteiger partial charge in [-0.05, 0) is 37.6 Å². The fourth-order valence-corrected chi connectivity index (χ4v) is 3.43. The minimum Gasteiger partial charge on any atom is -0.741 e. The molecule has 0 saturated heterocycles. The Morgan fingerprint density at radius 2 is 1.57 bits per heavy atom. The topological polar surface area (TPSA) is 74.3 Å². The van der Waals surface area contributed by atoms with E-state index in [2.05, 4.69) is 13.8 Å². The van der Waals surface area contributed by atoms with E-state index in [9.17, 15) is 18.0 Å². The summed E-state index contributed by atoms with van der Waals surface area (Å²) in [5, 5.41) is 0. The number of rotatable bonds is 5. The van der Waals surface area contributed by atoms with E-state index in [4.69, 9.17) is 13.0 Å². The maximum absolute atomic E-state index is 11.8. The molecule has 0 heterocycles. The van der Waals surface area contributed by atoms with Gasteiger partial charge in [-0.1, -0.05) is 12.8 Å². The third kappa shape index (κ3) is 8.06. The van der Waals surface area contributed by atoms with Gasteiger partial charge in [0.2, 0.25) is 0 Å². The molecule has 0 unspecified atom stereocenters. The molecule has 1 rings (SSSR count). The highest BCUT2D eigenvalue weighted by molar-refractivity contribution is 7.97. The summed E-state index contributed by atoms with van der Waals surface area (Å²) >= 11 is 0. The van der Waals surface area contributed by atoms with Gasteiger partial charge in [0, 0.05) is 5.92 Å². The van der Waals surface area contributed by atoms with E-state index in [1.54, 1.807) is 0 Å². The number of hydrogen-bond donors (Lipinski definition) is 0. The summed E-state index contributed by atoms with van der Waals surface area (Å²) in [6.07, 6.45) is 4.90. The predicted octanol–water partition coefficient (Wildman–Crippen LogP) is 2.46. The zero-order valence-electron chi connectivity index (χ0n) is 12.1. The molecular formula is C12H21F3O4S2. The van der Waals surface area contributed by atoms with Crippen LogP contribution in [0.1, 0.15) is 39.5 Å². The summed E-state index contributed by atoms with van der Waals surface area (Å²) in [5.41, 5.74) is -5.65. The molecule has 21 heavy (non-hydrogen) atoms. The molecule has 0 aromatic carbocycles. The van der Waals surface area contributed by atoms with Gasteiger partial charge >= 0.3 is 5.51 Å². The second-order valence-electron chi connectivity index (χ2n) is 4.68. The van der Waals surface area contributed by atoms with Gasteiger partial charge in [-0.25, -0.2) is 8.42 Å². The number of carbonyl (C=O) groups is 1. The normalized spacial score (nSPS) is 16.7. The van der Waals surface area contributed by atoms with Gasteiger partial charge in [0.25, 0.3) is 0 Å². The van der Waals surface area contributed by atoms with Gasteiger partial charge in [-0.2, -0.15) is 13.2 Å². The van der Waals surface area contributed by atoms with Crippen molar-refractivity contribution in [1.82, 2.24) is 0 Å². The lowest BCUT2D eigenvalue weighted by Crippen LogP contribution is -2.24. The highest BCUT2D eigenvalue weighted by Gasteiger charge is 2.36. The summed E-state index contributed by atoms with van der Waals surface area (Å²) < 4.78 is 58.9. The lowest BCUT2D eigenvalue weighted by atomic mass is 10.0. The van der Waals surface area contributed by atoms with Crippen molar-refractivity contribution < 1.29 is 30.9 Å². The van der Waals surface area contributed by atoms with E-state index in [0.29, 0.717) is 22.6 Å². The highest BCUT2D eigenvalue weighted by atomic mass is 32.2. The molecule has 9 heteroatoms. The monoisotopic (exact) mass is 350 g/mol. The minimum absolute atomic E-state index is 0.386. The van der Waals surface area contributed by atoms with Crippen LogP contribution in [0.2, 0.25) is 0 Å². The van der Waals surface area contributed by atoms with Crippen LogP contribution in [-0.4, -0.2) is 41.5 Å². The van der Waals surface area contributed by atoms with E-state index in [1.165, 1.54) is 37.2 Å². The Bertz CT molecular complexity index is 411. The fraction of sp³-hybridized carbons (Fsp3) is 0.917. The summed E-state index contributed by atoms with van der Waals surface area (Å²) in [7, 11) is -5.70. The Labute approximate surface area is 126 Å². The Balaban J connectivity index is 0.000000433. The van der Waals surface area contributed by atoms with Crippen molar-refractivity contribution in [2.45, 2.75) is 45.0 Å². The van der Waals surface area contributed by atoms with Crippen LogP contribution in [0.3, 0.4) is 0 Å². The molecule has 0 radical (unpaired) electrons. The van der Waals surface area contributed by atoms with Crippen LogP contribution in [0.25, 0.3) is 0 Å². The zero-order valence-corrected chi connectivity index (χ0v) is 13.7. The largest absolute Gasteiger partial charge is 0.741 e.